The maximum Gasteiger partial charge on any atom is 0.0123 e. The van der Waals surface area contributed by atoms with Gasteiger partial charge < -0.3 is 4.90 Å². The fourth-order valence-electron chi connectivity index (χ4n) is 3.44. The van der Waals surface area contributed by atoms with Gasteiger partial charge >= 0.3 is 0 Å². The number of nitrogens with zero attached hydrogens (tertiary/aromatic N) is 1. The minimum Gasteiger partial charge on any atom is -0.300 e. The third-order valence-electron chi connectivity index (χ3n) is 4.21. The van der Waals surface area contributed by atoms with Crippen LogP contribution in [0.1, 0.15) is 51.4 Å². The van der Waals surface area contributed by atoms with Gasteiger partial charge in [-0.05, 0) is 63.3 Å². The van der Waals surface area contributed by atoms with Crippen molar-refractivity contribution in [3.63, 3.8) is 0 Å². The molecular formula is C13H25NS. The summed E-state index contributed by atoms with van der Waals surface area (Å²) in [6, 6.07) is 0.967. The van der Waals surface area contributed by atoms with Crippen molar-refractivity contribution in [3.05, 3.63) is 0 Å². The van der Waals surface area contributed by atoms with Crippen LogP contribution in [0.15, 0.2) is 0 Å². The first-order chi connectivity index (χ1) is 7.42. The molecular weight excluding hydrogens is 202 g/mol. The molecule has 88 valence electrons. The predicted molar refractivity (Wildman–Crippen MR) is 69.6 cm³/mol. The van der Waals surface area contributed by atoms with Crippen molar-refractivity contribution in [2.24, 2.45) is 5.92 Å². The van der Waals surface area contributed by atoms with Crippen LogP contribution in [0.2, 0.25) is 0 Å². The number of piperidine rings is 1. The van der Waals surface area contributed by atoms with Crippen LogP contribution in [0.4, 0.5) is 0 Å². The monoisotopic (exact) mass is 227 g/mol. The lowest BCUT2D eigenvalue weighted by atomic mass is 9.92. The van der Waals surface area contributed by atoms with Crippen LogP contribution in [0.25, 0.3) is 0 Å². The summed E-state index contributed by atoms with van der Waals surface area (Å²) in [7, 11) is 0. The van der Waals surface area contributed by atoms with E-state index in [1.807, 2.05) is 0 Å². The van der Waals surface area contributed by atoms with Crippen molar-refractivity contribution in [2.75, 3.05) is 18.8 Å². The summed E-state index contributed by atoms with van der Waals surface area (Å²) < 4.78 is 0. The largest absolute Gasteiger partial charge is 0.300 e. The van der Waals surface area contributed by atoms with Crippen molar-refractivity contribution in [1.82, 2.24) is 4.90 Å². The molecule has 0 radical (unpaired) electrons. The topological polar surface area (TPSA) is 3.24 Å². The Morgan fingerprint density at radius 2 is 1.87 bits per heavy atom. The molecule has 1 heterocycles. The zero-order chi connectivity index (χ0) is 10.5. The maximum atomic E-state index is 4.27. The Hall–Kier alpha value is 0.310. The first kappa shape index (κ1) is 11.8. The van der Waals surface area contributed by atoms with Gasteiger partial charge in [0.05, 0.1) is 0 Å². The Morgan fingerprint density at radius 3 is 2.73 bits per heavy atom. The average Bonchev–Trinajstić information content (AvgIpc) is 2.73. The highest BCUT2D eigenvalue weighted by Gasteiger charge is 2.34. The number of likely N-dealkylation sites (tertiary alicyclic amines) is 1. The van der Waals surface area contributed by atoms with Gasteiger partial charge in [0.15, 0.2) is 0 Å². The quantitative estimate of drug-likeness (QED) is 0.557. The maximum absolute atomic E-state index is 4.27. The summed E-state index contributed by atoms with van der Waals surface area (Å²) in [6.45, 7) is 2.73. The van der Waals surface area contributed by atoms with Gasteiger partial charge in [-0.15, -0.1) is 0 Å². The van der Waals surface area contributed by atoms with E-state index >= 15 is 0 Å². The molecule has 1 saturated carbocycles. The minimum absolute atomic E-state index is 0.967. The normalized spacial score (nSPS) is 31.8. The van der Waals surface area contributed by atoms with Gasteiger partial charge in [-0.3, -0.25) is 0 Å². The molecule has 15 heavy (non-hydrogen) atoms. The Labute approximate surface area is 100 Å². The second-order valence-corrected chi connectivity index (χ2v) is 5.67. The van der Waals surface area contributed by atoms with Gasteiger partial charge in [0, 0.05) is 6.04 Å². The molecule has 2 rings (SSSR count). The van der Waals surface area contributed by atoms with Crippen LogP contribution in [0.3, 0.4) is 0 Å². The van der Waals surface area contributed by atoms with E-state index in [9.17, 15) is 0 Å². The molecule has 1 aliphatic carbocycles. The molecule has 1 aliphatic heterocycles. The number of hydrogen-bond donors (Lipinski definition) is 1. The van der Waals surface area contributed by atoms with Crippen molar-refractivity contribution in [2.45, 2.75) is 57.4 Å². The molecule has 0 spiro atoms. The molecule has 1 nitrogen and oxygen atoms in total. The highest BCUT2D eigenvalue weighted by atomic mass is 32.1. The molecule has 2 unspecified atom stereocenters. The van der Waals surface area contributed by atoms with E-state index in [0.29, 0.717) is 0 Å². The first-order valence-electron chi connectivity index (χ1n) is 6.76. The number of rotatable bonds is 5. The zero-order valence-electron chi connectivity index (χ0n) is 9.83. The van der Waals surface area contributed by atoms with Crippen LogP contribution in [-0.2, 0) is 0 Å². The summed E-state index contributed by atoms with van der Waals surface area (Å²) in [5.74, 6) is 2.12. The molecule has 2 fully saturated rings. The summed E-state index contributed by atoms with van der Waals surface area (Å²) in [5, 5.41) is 0. The fourth-order valence-corrected chi connectivity index (χ4v) is 3.66. The van der Waals surface area contributed by atoms with Crippen molar-refractivity contribution in [3.8, 4) is 0 Å². The van der Waals surface area contributed by atoms with Crippen LogP contribution in [0, 0.1) is 5.92 Å². The molecule has 0 aromatic carbocycles. The Morgan fingerprint density at radius 1 is 1.00 bits per heavy atom. The molecule has 0 amide bonds. The SMILES string of the molecule is SCCCCCN1CCCC2CCCC21. The lowest BCUT2D eigenvalue weighted by molar-refractivity contribution is 0.111. The third-order valence-corrected chi connectivity index (χ3v) is 4.53. The fraction of sp³-hybridized carbons (Fsp3) is 1.00. The Kier molecular flexibility index (Phi) is 4.83. The predicted octanol–water partition coefficient (Wildman–Crippen LogP) is 3.35. The van der Waals surface area contributed by atoms with Crippen molar-refractivity contribution < 1.29 is 0 Å². The molecule has 0 aromatic heterocycles. The Balaban J connectivity index is 1.71. The van der Waals surface area contributed by atoms with Gasteiger partial charge in [-0.1, -0.05) is 12.8 Å². The lowest BCUT2D eigenvalue weighted by Crippen LogP contribution is -2.42. The Bertz CT molecular complexity index is 183. The van der Waals surface area contributed by atoms with Crippen molar-refractivity contribution >= 4 is 12.6 Å². The molecule has 2 atom stereocenters. The number of fused-ring (bicyclic) bond motifs is 1. The first-order valence-corrected chi connectivity index (χ1v) is 7.40. The average molecular weight is 227 g/mol. The van der Waals surface area contributed by atoms with Crippen LogP contribution in [-0.4, -0.2) is 29.8 Å². The number of hydrogen-bond acceptors (Lipinski definition) is 2. The molecule has 0 aromatic rings. The molecule has 0 bridgehead atoms. The summed E-state index contributed by atoms with van der Waals surface area (Å²) in [4.78, 5) is 2.79. The van der Waals surface area contributed by atoms with E-state index in [0.717, 1.165) is 17.7 Å². The molecule has 1 saturated heterocycles. The van der Waals surface area contributed by atoms with E-state index in [1.165, 1.54) is 64.5 Å². The van der Waals surface area contributed by atoms with Gasteiger partial charge in [0.1, 0.15) is 0 Å². The smallest absolute Gasteiger partial charge is 0.0123 e. The van der Waals surface area contributed by atoms with Gasteiger partial charge in [-0.25, -0.2) is 0 Å². The van der Waals surface area contributed by atoms with Gasteiger partial charge in [-0.2, -0.15) is 12.6 Å². The van der Waals surface area contributed by atoms with Crippen LogP contribution < -0.4 is 0 Å². The van der Waals surface area contributed by atoms with Gasteiger partial charge in [0.2, 0.25) is 0 Å². The standard InChI is InChI=1S/C13H25NS/c15-11-3-1-2-9-14-10-5-7-12-6-4-8-13(12)14/h12-13,15H,1-11H2. The lowest BCUT2D eigenvalue weighted by Gasteiger charge is -2.37. The highest BCUT2D eigenvalue weighted by molar-refractivity contribution is 7.80. The van der Waals surface area contributed by atoms with Crippen LogP contribution in [0.5, 0.6) is 0 Å². The number of thiol groups is 1. The van der Waals surface area contributed by atoms with E-state index in [4.69, 9.17) is 0 Å². The minimum atomic E-state index is 0.967. The van der Waals surface area contributed by atoms with E-state index < -0.39 is 0 Å². The summed E-state index contributed by atoms with van der Waals surface area (Å²) >= 11 is 4.27. The second-order valence-electron chi connectivity index (χ2n) is 5.22. The van der Waals surface area contributed by atoms with Crippen molar-refractivity contribution in [1.29, 1.82) is 0 Å². The van der Waals surface area contributed by atoms with Crippen LogP contribution >= 0.6 is 12.6 Å². The summed E-state index contributed by atoms with van der Waals surface area (Å²) in [6.07, 6.45) is 11.5. The highest BCUT2D eigenvalue weighted by Crippen LogP contribution is 2.36. The number of unbranched alkanes of at least 4 members (excludes halogenated alkanes) is 2. The molecule has 0 N–H and O–H groups in total. The zero-order valence-corrected chi connectivity index (χ0v) is 10.7. The second kappa shape index (κ2) is 6.15. The molecule has 2 aliphatic rings. The van der Waals surface area contributed by atoms with Gasteiger partial charge in [0.25, 0.3) is 0 Å². The van der Waals surface area contributed by atoms with E-state index in [-0.39, 0.29) is 0 Å². The van der Waals surface area contributed by atoms with E-state index in [2.05, 4.69) is 17.5 Å². The third kappa shape index (κ3) is 3.13. The van der Waals surface area contributed by atoms with E-state index in [1.54, 1.807) is 0 Å². The molecule has 2 heteroatoms. The summed E-state index contributed by atoms with van der Waals surface area (Å²) in [5.41, 5.74) is 0.